The van der Waals surface area contributed by atoms with E-state index in [4.69, 9.17) is 16.3 Å². The number of carbonyl (C=O) groups is 1. The van der Waals surface area contributed by atoms with Crippen LogP contribution in [0.2, 0.25) is 5.02 Å². The normalized spacial score (nSPS) is 10.8. The van der Waals surface area contributed by atoms with Crippen molar-refractivity contribution in [3.8, 4) is 16.3 Å². The lowest BCUT2D eigenvalue weighted by Gasteiger charge is -2.09. The third-order valence-corrected chi connectivity index (χ3v) is 5.99. The van der Waals surface area contributed by atoms with Crippen LogP contribution in [0, 0.1) is 6.92 Å². The van der Waals surface area contributed by atoms with Crippen molar-refractivity contribution < 1.29 is 9.53 Å². The Hall–Kier alpha value is -2.89. The highest BCUT2D eigenvalue weighted by molar-refractivity contribution is 7.21. The second-order valence-corrected chi connectivity index (χ2v) is 8.10. The Balaban J connectivity index is 1.31. The van der Waals surface area contributed by atoms with Crippen molar-refractivity contribution in [2.45, 2.75) is 13.5 Å². The summed E-state index contributed by atoms with van der Waals surface area (Å²) in [6, 6.07) is 21.5. The molecule has 146 valence electrons. The standard InChI is InChI=1S/C23H19ClN2O2S/c1-15-12-18(10-11-19(15)24)28-14-22(27)25-13-16-6-8-17(9-7-16)23-26-20-4-2-3-5-21(20)29-23/h2-12H,13-14H2,1H3,(H,25,27). The topological polar surface area (TPSA) is 51.2 Å². The first kappa shape index (κ1) is 19.4. The molecule has 0 aliphatic carbocycles. The van der Waals surface area contributed by atoms with Gasteiger partial charge in [-0.25, -0.2) is 4.98 Å². The summed E-state index contributed by atoms with van der Waals surface area (Å²) in [4.78, 5) is 16.7. The van der Waals surface area contributed by atoms with Gasteiger partial charge in [-0.15, -0.1) is 11.3 Å². The fourth-order valence-corrected chi connectivity index (χ4v) is 3.96. The third-order valence-electron chi connectivity index (χ3n) is 4.48. The molecular weight excluding hydrogens is 404 g/mol. The van der Waals surface area contributed by atoms with Crippen LogP contribution in [-0.4, -0.2) is 17.5 Å². The molecule has 4 aromatic rings. The number of nitrogens with one attached hydrogen (secondary N) is 1. The second kappa shape index (κ2) is 8.64. The third kappa shape index (κ3) is 4.75. The summed E-state index contributed by atoms with van der Waals surface area (Å²) in [5, 5.41) is 4.54. The number of thiazole rings is 1. The summed E-state index contributed by atoms with van der Waals surface area (Å²) < 4.78 is 6.70. The summed E-state index contributed by atoms with van der Waals surface area (Å²) in [6.07, 6.45) is 0. The first-order valence-electron chi connectivity index (χ1n) is 9.19. The molecule has 0 spiro atoms. The Morgan fingerprint density at radius 3 is 2.66 bits per heavy atom. The smallest absolute Gasteiger partial charge is 0.258 e. The summed E-state index contributed by atoms with van der Waals surface area (Å²) in [7, 11) is 0. The largest absolute Gasteiger partial charge is 0.484 e. The number of aromatic nitrogens is 1. The van der Waals surface area contributed by atoms with E-state index >= 15 is 0 Å². The zero-order valence-corrected chi connectivity index (χ0v) is 17.4. The molecule has 0 aliphatic heterocycles. The molecule has 1 heterocycles. The van der Waals surface area contributed by atoms with Crippen molar-refractivity contribution in [3.63, 3.8) is 0 Å². The molecular formula is C23H19ClN2O2S. The van der Waals surface area contributed by atoms with Crippen LogP contribution >= 0.6 is 22.9 Å². The number of fused-ring (bicyclic) bond motifs is 1. The molecule has 0 bridgehead atoms. The van der Waals surface area contributed by atoms with Gasteiger partial charge in [0.05, 0.1) is 10.2 Å². The highest BCUT2D eigenvalue weighted by Crippen LogP contribution is 2.30. The number of halogens is 1. The van der Waals surface area contributed by atoms with Gasteiger partial charge >= 0.3 is 0 Å². The summed E-state index contributed by atoms with van der Waals surface area (Å²) in [6.45, 7) is 2.31. The van der Waals surface area contributed by atoms with E-state index in [1.54, 1.807) is 23.5 Å². The van der Waals surface area contributed by atoms with Gasteiger partial charge in [-0.3, -0.25) is 4.79 Å². The number of amides is 1. The van der Waals surface area contributed by atoms with Gasteiger partial charge in [0, 0.05) is 17.1 Å². The maximum atomic E-state index is 12.1. The predicted molar refractivity (Wildman–Crippen MR) is 119 cm³/mol. The zero-order chi connectivity index (χ0) is 20.2. The molecule has 4 rings (SSSR count). The summed E-state index contributed by atoms with van der Waals surface area (Å²) >= 11 is 7.67. The number of benzene rings is 3. The van der Waals surface area contributed by atoms with E-state index in [2.05, 4.69) is 16.4 Å². The fourth-order valence-electron chi connectivity index (χ4n) is 2.87. The van der Waals surface area contributed by atoms with Crippen LogP contribution in [0.1, 0.15) is 11.1 Å². The van der Waals surface area contributed by atoms with Crippen molar-refractivity contribution >= 4 is 39.1 Å². The number of hydrogen-bond donors (Lipinski definition) is 1. The Kier molecular flexibility index (Phi) is 5.79. The predicted octanol–water partition coefficient (Wildman–Crippen LogP) is 5.62. The van der Waals surface area contributed by atoms with Gasteiger partial charge in [0.1, 0.15) is 10.8 Å². The Morgan fingerprint density at radius 2 is 1.90 bits per heavy atom. The number of carbonyl (C=O) groups excluding carboxylic acids is 1. The second-order valence-electron chi connectivity index (χ2n) is 6.66. The van der Waals surface area contributed by atoms with Gasteiger partial charge in [0.25, 0.3) is 5.91 Å². The quantitative estimate of drug-likeness (QED) is 0.438. The van der Waals surface area contributed by atoms with Crippen molar-refractivity contribution in [1.29, 1.82) is 0 Å². The molecule has 0 aliphatic rings. The number of para-hydroxylation sites is 1. The van der Waals surface area contributed by atoms with Crippen LogP contribution in [0.15, 0.2) is 66.7 Å². The minimum atomic E-state index is -0.173. The molecule has 6 heteroatoms. The molecule has 0 saturated heterocycles. The average Bonchev–Trinajstić information content (AvgIpc) is 3.18. The van der Waals surface area contributed by atoms with Crippen molar-refractivity contribution in [1.82, 2.24) is 10.3 Å². The van der Waals surface area contributed by atoms with Crippen LogP contribution in [0.25, 0.3) is 20.8 Å². The fraction of sp³-hybridized carbons (Fsp3) is 0.130. The van der Waals surface area contributed by atoms with Gasteiger partial charge in [-0.1, -0.05) is 48.0 Å². The average molecular weight is 423 g/mol. The lowest BCUT2D eigenvalue weighted by molar-refractivity contribution is -0.123. The molecule has 3 aromatic carbocycles. The molecule has 0 unspecified atom stereocenters. The van der Waals surface area contributed by atoms with E-state index < -0.39 is 0 Å². The molecule has 4 nitrogen and oxygen atoms in total. The SMILES string of the molecule is Cc1cc(OCC(=O)NCc2ccc(-c3nc4ccccc4s3)cc2)ccc1Cl. The van der Waals surface area contributed by atoms with E-state index in [1.165, 1.54) is 4.70 Å². The minimum absolute atomic E-state index is 0.0368. The van der Waals surface area contributed by atoms with Crippen LogP contribution in [-0.2, 0) is 11.3 Å². The van der Waals surface area contributed by atoms with Gasteiger partial charge in [-0.05, 0) is 48.4 Å². The number of rotatable bonds is 6. The maximum absolute atomic E-state index is 12.1. The molecule has 0 fully saturated rings. The summed E-state index contributed by atoms with van der Waals surface area (Å²) in [5.41, 5.74) is 4.02. The van der Waals surface area contributed by atoms with E-state index in [0.717, 1.165) is 27.2 Å². The number of hydrogen-bond acceptors (Lipinski definition) is 4. The monoisotopic (exact) mass is 422 g/mol. The lowest BCUT2D eigenvalue weighted by Crippen LogP contribution is -2.28. The maximum Gasteiger partial charge on any atom is 0.258 e. The van der Waals surface area contributed by atoms with Crippen molar-refractivity contribution in [2.75, 3.05) is 6.61 Å². The lowest BCUT2D eigenvalue weighted by atomic mass is 10.1. The number of ether oxygens (including phenoxy) is 1. The molecule has 0 radical (unpaired) electrons. The van der Waals surface area contributed by atoms with Gasteiger partial charge < -0.3 is 10.1 Å². The van der Waals surface area contributed by atoms with Crippen molar-refractivity contribution in [2.24, 2.45) is 0 Å². The number of aryl methyl sites for hydroxylation is 1. The van der Waals surface area contributed by atoms with Gasteiger partial charge in [-0.2, -0.15) is 0 Å². The van der Waals surface area contributed by atoms with E-state index in [9.17, 15) is 4.79 Å². The Bertz CT molecular complexity index is 1120. The molecule has 1 aromatic heterocycles. The van der Waals surface area contributed by atoms with Crippen LogP contribution in [0.5, 0.6) is 5.75 Å². The Labute approximate surface area is 178 Å². The Morgan fingerprint density at radius 1 is 1.10 bits per heavy atom. The first-order valence-corrected chi connectivity index (χ1v) is 10.4. The van der Waals surface area contributed by atoms with Crippen LogP contribution in [0.3, 0.4) is 0 Å². The molecule has 0 atom stereocenters. The molecule has 0 saturated carbocycles. The van der Waals surface area contributed by atoms with E-state index in [0.29, 0.717) is 17.3 Å². The van der Waals surface area contributed by atoms with E-state index in [1.807, 2.05) is 55.5 Å². The highest BCUT2D eigenvalue weighted by atomic mass is 35.5. The van der Waals surface area contributed by atoms with E-state index in [-0.39, 0.29) is 12.5 Å². The highest BCUT2D eigenvalue weighted by Gasteiger charge is 2.07. The summed E-state index contributed by atoms with van der Waals surface area (Å²) in [5.74, 6) is 0.454. The molecule has 1 amide bonds. The first-order chi connectivity index (χ1) is 14.1. The number of nitrogens with zero attached hydrogens (tertiary/aromatic N) is 1. The van der Waals surface area contributed by atoms with Gasteiger partial charge in [0.15, 0.2) is 6.61 Å². The molecule has 29 heavy (non-hydrogen) atoms. The van der Waals surface area contributed by atoms with Crippen LogP contribution < -0.4 is 10.1 Å². The van der Waals surface area contributed by atoms with Crippen molar-refractivity contribution in [3.05, 3.63) is 82.9 Å². The zero-order valence-electron chi connectivity index (χ0n) is 15.8. The minimum Gasteiger partial charge on any atom is -0.484 e. The molecule has 1 N–H and O–H groups in total. The van der Waals surface area contributed by atoms with Gasteiger partial charge in [0.2, 0.25) is 0 Å². The van der Waals surface area contributed by atoms with Crippen LogP contribution in [0.4, 0.5) is 0 Å².